The Bertz CT molecular complexity index is 404. The summed E-state index contributed by atoms with van der Waals surface area (Å²) in [7, 11) is 1.28. The SMILES string of the molecule is COC(=O)/C=N/Oc1cccc(C)c1CBr. The van der Waals surface area contributed by atoms with Crippen molar-refractivity contribution in [1.82, 2.24) is 0 Å². The Morgan fingerprint density at radius 2 is 2.31 bits per heavy atom. The molecule has 0 aliphatic carbocycles. The van der Waals surface area contributed by atoms with E-state index in [9.17, 15) is 4.79 Å². The summed E-state index contributed by atoms with van der Waals surface area (Å²) in [5.41, 5.74) is 2.10. The molecule has 4 nitrogen and oxygen atoms in total. The van der Waals surface area contributed by atoms with Gasteiger partial charge in [-0.1, -0.05) is 33.2 Å². The van der Waals surface area contributed by atoms with Crippen LogP contribution in [0.5, 0.6) is 5.75 Å². The molecular formula is C11H12BrNO3. The Balaban J connectivity index is 2.77. The van der Waals surface area contributed by atoms with Crippen molar-refractivity contribution in [1.29, 1.82) is 0 Å². The first-order valence-corrected chi connectivity index (χ1v) is 5.74. The van der Waals surface area contributed by atoms with Crippen LogP contribution in [0.2, 0.25) is 0 Å². The van der Waals surface area contributed by atoms with E-state index in [1.165, 1.54) is 7.11 Å². The lowest BCUT2D eigenvalue weighted by Crippen LogP contribution is -2.02. The summed E-state index contributed by atoms with van der Waals surface area (Å²) < 4.78 is 4.39. The Morgan fingerprint density at radius 3 is 2.94 bits per heavy atom. The molecule has 0 aliphatic heterocycles. The second-order valence-electron chi connectivity index (χ2n) is 3.03. The summed E-state index contributed by atoms with van der Waals surface area (Å²) in [6.45, 7) is 1.98. The lowest BCUT2D eigenvalue weighted by atomic mass is 10.1. The molecule has 0 unspecified atom stereocenters. The molecule has 0 heterocycles. The van der Waals surface area contributed by atoms with E-state index < -0.39 is 5.97 Å². The number of nitrogens with zero attached hydrogens (tertiary/aromatic N) is 1. The molecule has 0 radical (unpaired) electrons. The molecule has 0 fully saturated rings. The van der Waals surface area contributed by atoms with Crippen LogP contribution >= 0.6 is 15.9 Å². The topological polar surface area (TPSA) is 47.9 Å². The first-order valence-electron chi connectivity index (χ1n) is 4.61. The van der Waals surface area contributed by atoms with E-state index in [0.29, 0.717) is 11.1 Å². The Hall–Kier alpha value is -1.36. The fourth-order valence-electron chi connectivity index (χ4n) is 1.11. The third-order valence-electron chi connectivity index (χ3n) is 2.01. The number of benzene rings is 1. The number of carbonyl (C=O) groups excluding carboxylic acids is 1. The van der Waals surface area contributed by atoms with Crippen molar-refractivity contribution >= 4 is 28.1 Å². The minimum Gasteiger partial charge on any atom is -0.465 e. The highest BCUT2D eigenvalue weighted by molar-refractivity contribution is 9.08. The molecule has 1 aromatic rings. The highest BCUT2D eigenvalue weighted by Crippen LogP contribution is 2.24. The summed E-state index contributed by atoms with van der Waals surface area (Å²) in [5, 5.41) is 4.21. The second kappa shape index (κ2) is 6.27. The molecule has 0 atom stereocenters. The number of rotatable bonds is 4. The van der Waals surface area contributed by atoms with Gasteiger partial charge in [0.05, 0.1) is 7.11 Å². The standard InChI is InChI=1S/C11H12BrNO3/c1-8-4-3-5-10(9(8)6-12)16-13-7-11(14)15-2/h3-5,7H,6H2,1-2H3/b13-7+. The number of oxime groups is 1. The number of hydrogen-bond acceptors (Lipinski definition) is 4. The van der Waals surface area contributed by atoms with Gasteiger partial charge in [-0.2, -0.15) is 0 Å². The minimum absolute atomic E-state index is 0.548. The van der Waals surface area contributed by atoms with Gasteiger partial charge < -0.3 is 9.57 Å². The Kier molecular flexibility index (Phi) is 4.98. The van der Waals surface area contributed by atoms with Crippen molar-refractivity contribution in [3.05, 3.63) is 29.3 Å². The molecule has 1 rings (SSSR count). The lowest BCUT2D eigenvalue weighted by molar-refractivity contribution is -0.132. The summed E-state index contributed by atoms with van der Waals surface area (Å²) in [6.07, 6.45) is 0.986. The molecule has 1 aromatic carbocycles. The van der Waals surface area contributed by atoms with Crippen molar-refractivity contribution in [2.75, 3.05) is 7.11 Å². The molecule has 0 aromatic heterocycles. The van der Waals surface area contributed by atoms with Crippen LogP contribution in [0, 0.1) is 6.92 Å². The van der Waals surface area contributed by atoms with Gasteiger partial charge in [0.1, 0.15) is 0 Å². The molecule has 0 spiro atoms. The summed E-state index contributed by atoms with van der Waals surface area (Å²) in [5.74, 6) is 0.0741. The number of hydrogen-bond donors (Lipinski definition) is 0. The molecule has 0 aliphatic rings. The fourth-order valence-corrected chi connectivity index (χ4v) is 1.83. The van der Waals surface area contributed by atoms with Gasteiger partial charge in [0, 0.05) is 10.9 Å². The van der Waals surface area contributed by atoms with Gasteiger partial charge >= 0.3 is 5.97 Å². The van der Waals surface area contributed by atoms with Gasteiger partial charge in [0.2, 0.25) is 0 Å². The first kappa shape index (κ1) is 12.7. The average molecular weight is 286 g/mol. The highest BCUT2D eigenvalue weighted by atomic mass is 79.9. The molecule has 0 saturated carbocycles. The highest BCUT2D eigenvalue weighted by Gasteiger charge is 2.05. The van der Waals surface area contributed by atoms with Gasteiger partial charge in [-0.05, 0) is 18.6 Å². The molecule has 5 heteroatoms. The second-order valence-corrected chi connectivity index (χ2v) is 3.59. The predicted molar refractivity (Wildman–Crippen MR) is 64.9 cm³/mol. The Morgan fingerprint density at radius 1 is 1.56 bits per heavy atom. The number of methoxy groups -OCH3 is 1. The maximum atomic E-state index is 10.8. The van der Waals surface area contributed by atoms with Crippen molar-refractivity contribution < 1.29 is 14.4 Å². The van der Waals surface area contributed by atoms with Crippen molar-refractivity contribution in [2.24, 2.45) is 5.16 Å². The number of aryl methyl sites for hydroxylation is 1. The van der Waals surface area contributed by atoms with E-state index in [4.69, 9.17) is 4.84 Å². The average Bonchev–Trinajstić information content (AvgIpc) is 2.29. The molecule has 0 amide bonds. The fraction of sp³-hybridized carbons (Fsp3) is 0.273. The van der Waals surface area contributed by atoms with E-state index >= 15 is 0 Å². The summed E-state index contributed by atoms with van der Waals surface area (Å²) in [6, 6.07) is 5.64. The van der Waals surface area contributed by atoms with Crippen LogP contribution in [-0.4, -0.2) is 19.3 Å². The number of carbonyl (C=O) groups is 1. The molecule has 0 saturated heterocycles. The molecule has 0 bridgehead atoms. The third-order valence-corrected chi connectivity index (χ3v) is 2.57. The normalized spacial score (nSPS) is 10.4. The van der Waals surface area contributed by atoms with E-state index in [2.05, 4.69) is 25.8 Å². The smallest absolute Gasteiger partial charge is 0.352 e. The van der Waals surface area contributed by atoms with Crippen LogP contribution in [0.3, 0.4) is 0 Å². The molecule has 0 N–H and O–H groups in total. The van der Waals surface area contributed by atoms with Gasteiger partial charge in [0.15, 0.2) is 12.0 Å². The van der Waals surface area contributed by atoms with Crippen LogP contribution in [-0.2, 0) is 14.9 Å². The van der Waals surface area contributed by atoms with Crippen molar-refractivity contribution in [3.8, 4) is 5.75 Å². The van der Waals surface area contributed by atoms with E-state index in [0.717, 1.165) is 17.3 Å². The summed E-state index contributed by atoms with van der Waals surface area (Å²) in [4.78, 5) is 15.9. The minimum atomic E-state index is -0.548. The number of ether oxygens (including phenoxy) is 1. The molecular weight excluding hydrogens is 274 g/mol. The lowest BCUT2D eigenvalue weighted by Gasteiger charge is -2.06. The van der Waals surface area contributed by atoms with E-state index in [1.54, 1.807) is 6.07 Å². The van der Waals surface area contributed by atoms with Crippen molar-refractivity contribution in [3.63, 3.8) is 0 Å². The number of alkyl halides is 1. The number of halogens is 1. The predicted octanol–water partition coefficient (Wildman–Crippen LogP) is 2.43. The van der Waals surface area contributed by atoms with Crippen LogP contribution in [0.15, 0.2) is 23.4 Å². The third kappa shape index (κ3) is 3.34. The monoisotopic (exact) mass is 285 g/mol. The van der Waals surface area contributed by atoms with Crippen LogP contribution in [0.4, 0.5) is 0 Å². The van der Waals surface area contributed by atoms with Gasteiger partial charge in [0.25, 0.3) is 0 Å². The van der Waals surface area contributed by atoms with Gasteiger partial charge in [-0.15, -0.1) is 0 Å². The van der Waals surface area contributed by atoms with Gasteiger partial charge in [-0.3, -0.25) is 0 Å². The Labute approximate surface area is 102 Å². The van der Waals surface area contributed by atoms with E-state index in [-0.39, 0.29) is 0 Å². The van der Waals surface area contributed by atoms with Crippen molar-refractivity contribution in [2.45, 2.75) is 12.3 Å². The zero-order valence-corrected chi connectivity index (χ0v) is 10.7. The molecule has 16 heavy (non-hydrogen) atoms. The first-order chi connectivity index (χ1) is 7.69. The summed E-state index contributed by atoms with van der Waals surface area (Å²) >= 11 is 3.37. The zero-order valence-electron chi connectivity index (χ0n) is 9.07. The zero-order chi connectivity index (χ0) is 12.0. The largest absolute Gasteiger partial charge is 0.465 e. The number of esters is 1. The van der Waals surface area contributed by atoms with Crippen LogP contribution in [0.1, 0.15) is 11.1 Å². The maximum Gasteiger partial charge on any atom is 0.352 e. The van der Waals surface area contributed by atoms with Gasteiger partial charge in [-0.25, -0.2) is 4.79 Å². The van der Waals surface area contributed by atoms with Crippen LogP contribution in [0.25, 0.3) is 0 Å². The maximum absolute atomic E-state index is 10.8. The quantitative estimate of drug-likeness (QED) is 0.369. The molecule has 86 valence electrons. The van der Waals surface area contributed by atoms with E-state index in [1.807, 2.05) is 19.1 Å². The van der Waals surface area contributed by atoms with Crippen LogP contribution < -0.4 is 4.84 Å².